The lowest BCUT2D eigenvalue weighted by molar-refractivity contribution is -0.117. The Labute approximate surface area is 108 Å². The molecule has 18 heavy (non-hydrogen) atoms. The number of ether oxygens (including phenoxy) is 1. The number of hydrogen-bond donors (Lipinski definition) is 1. The fraction of sp³-hybridized carbons (Fsp3) is 0.267. The van der Waals surface area contributed by atoms with Crippen molar-refractivity contribution in [3.8, 4) is 18.1 Å². The van der Waals surface area contributed by atoms with Crippen molar-refractivity contribution >= 4 is 11.5 Å². The Morgan fingerprint density at radius 1 is 1.33 bits per heavy atom. The van der Waals surface area contributed by atoms with Gasteiger partial charge in [-0.1, -0.05) is 18.1 Å². The van der Waals surface area contributed by atoms with Crippen LogP contribution in [0.5, 0.6) is 5.75 Å². The quantitative estimate of drug-likeness (QED) is 0.650. The number of benzene rings is 1. The lowest BCUT2D eigenvalue weighted by Gasteiger charge is -2.08. The number of carbonyl (C=O) groups is 1. The second kappa shape index (κ2) is 6.51. The van der Waals surface area contributed by atoms with E-state index in [0.717, 1.165) is 16.9 Å². The highest BCUT2D eigenvalue weighted by molar-refractivity contribution is 6.00. The number of carbonyl (C=O) groups excluding carboxylic acids is 1. The van der Waals surface area contributed by atoms with Crippen molar-refractivity contribution in [2.24, 2.45) is 0 Å². The predicted molar refractivity (Wildman–Crippen MR) is 73.1 cm³/mol. The molecule has 1 aromatic rings. The molecule has 1 N–H and O–H groups in total. The van der Waals surface area contributed by atoms with Gasteiger partial charge in [-0.15, -0.1) is 6.42 Å². The van der Waals surface area contributed by atoms with Crippen LogP contribution in [0.1, 0.15) is 19.4 Å². The predicted octanol–water partition coefficient (Wildman–Crippen LogP) is 2.24. The lowest BCUT2D eigenvalue weighted by Crippen LogP contribution is -2.24. The van der Waals surface area contributed by atoms with Crippen molar-refractivity contribution in [2.45, 2.75) is 13.8 Å². The average Bonchev–Trinajstić information content (AvgIpc) is 2.43. The van der Waals surface area contributed by atoms with E-state index in [0.29, 0.717) is 5.57 Å². The van der Waals surface area contributed by atoms with E-state index in [1.807, 2.05) is 31.2 Å². The normalized spacial score (nSPS) is 11.2. The van der Waals surface area contributed by atoms with Crippen LogP contribution < -0.4 is 10.1 Å². The van der Waals surface area contributed by atoms with Crippen LogP contribution in [0.15, 0.2) is 29.8 Å². The summed E-state index contributed by atoms with van der Waals surface area (Å²) in [6.45, 7) is 3.93. The van der Waals surface area contributed by atoms with Crippen molar-refractivity contribution in [3.63, 3.8) is 0 Å². The Bertz CT molecular complexity index is 492. The second-order valence-electron chi connectivity index (χ2n) is 3.87. The third-order valence-corrected chi connectivity index (χ3v) is 2.78. The molecule has 0 fully saturated rings. The molecule has 0 saturated heterocycles. The zero-order chi connectivity index (χ0) is 13.5. The number of rotatable bonds is 4. The highest BCUT2D eigenvalue weighted by Gasteiger charge is 2.08. The monoisotopic (exact) mass is 243 g/mol. The minimum absolute atomic E-state index is 0.138. The lowest BCUT2D eigenvalue weighted by atomic mass is 10.0. The smallest absolute Gasteiger partial charge is 0.247 e. The summed E-state index contributed by atoms with van der Waals surface area (Å²) in [6.07, 6.45) is 5.10. The average molecular weight is 243 g/mol. The summed E-state index contributed by atoms with van der Waals surface area (Å²) in [4.78, 5) is 11.8. The number of methoxy groups -OCH3 is 1. The summed E-state index contributed by atoms with van der Waals surface area (Å²) < 4.78 is 5.09. The van der Waals surface area contributed by atoms with E-state index in [4.69, 9.17) is 11.2 Å². The number of amides is 1. The molecule has 0 heterocycles. The van der Waals surface area contributed by atoms with E-state index in [-0.39, 0.29) is 12.5 Å². The summed E-state index contributed by atoms with van der Waals surface area (Å²) in [5.41, 5.74) is 2.58. The van der Waals surface area contributed by atoms with E-state index in [9.17, 15) is 4.79 Å². The van der Waals surface area contributed by atoms with Gasteiger partial charge in [0.05, 0.1) is 13.7 Å². The van der Waals surface area contributed by atoms with Crippen LogP contribution in [0.4, 0.5) is 0 Å². The molecule has 3 heteroatoms. The number of terminal acetylenes is 1. The van der Waals surface area contributed by atoms with Crippen molar-refractivity contribution in [3.05, 3.63) is 35.4 Å². The van der Waals surface area contributed by atoms with Crippen LogP contribution in [0.25, 0.3) is 5.57 Å². The van der Waals surface area contributed by atoms with Gasteiger partial charge >= 0.3 is 0 Å². The largest absolute Gasteiger partial charge is 0.497 e. The molecule has 1 amide bonds. The molecule has 1 aromatic carbocycles. The molecular weight excluding hydrogens is 226 g/mol. The van der Waals surface area contributed by atoms with Gasteiger partial charge in [0.1, 0.15) is 5.75 Å². The SMILES string of the molecule is C#CCNC(=O)/C(C)=C(\C)c1ccc(OC)cc1. The molecule has 94 valence electrons. The number of hydrogen-bond acceptors (Lipinski definition) is 2. The molecule has 0 aromatic heterocycles. The second-order valence-corrected chi connectivity index (χ2v) is 3.87. The maximum absolute atomic E-state index is 11.8. The first kappa shape index (κ1) is 13.9. The molecule has 0 aliphatic rings. The van der Waals surface area contributed by atoms with Crippen LogP contribution in [-0.2, 0) is 4.79 Å². The van der Waals surface area contributed by atoms with Crippen LogP contribution in [-0.4, -0.2) is 19.6 Å². The minimum Gasteiger partial charge on any atom is -0.497 e. The third-order valence-electron chi connectivity index (χ3n) is 2.78. The Kier molecular flexibility index (Phi) is 5.01. The van der Waals surface area contributed by atoms with E-state index >= 15 is 0 Å². The first-order chi connectivity index (χ1) is 8.60. The van der Waals surface area contributed by atoms with E-state index in [1.165, 1.54) is 0 Å². The number of nitrogens with one attached hydrogen (secondary N) is 1. The topological polar surface area (TPSA) is 38.3 Å². The van der Waals surface area contributed by atoms with Crippen molar-refractivity contribution < 1.29 is 9.53 Å². The molecule has 0 radical (unpaired) electrons. The van der Waals surface area contributed by atoms with Crippen LogP contribution in [0, 0.1) is 12.3 Å². The maximum Gasteiger partial charge on any atom is 0.247 e. The Balaban J connectivity index is 2.92. The molecular formula is C15H17NO2. The van der Waals surface area contributed by atoms with Gasteiger partial charge in [-0.3, -0.25) is 4.79 Å². The molecule has 0 unspecified atom stereocenters. The fourth-order valence-corrected chi connectivity index (χ4v) is 1.49. The van der Waals surface area contributed by atoms with Gasteiger partial charge in [-0.05, 0) is 37.1 Å². The molecule has 0 atom stereocenters. The highest BCUT2D eigenvalue weighted by Crippen LogP contribution is 2.21. The van der Waals surface area contributed by atoms with Gasteiger partial charge in [0.25, 0.3) is 0 Å². The van der Waals surface area contributed by atoms with Gasteiger partial charge in [-0.25, -0.2) is 0 Å². The zero-order valence-corrected chi connectivity index (χ0v) is 10.9. The molecule has 0 aliphatic carbocycles. The summed E-state index contributed by atoms with van der Waals surface area (Å²) in [7, 11) is 1.62. The van der Waals surface area contributed by atoms with E-state index in [1.54, 1.807) is 14.0 Å². The van der Waals surface area contributed by atoms with Crippen molar-refractivity contribution in [2.75, 3.05) is 13.7 Å². The molecule has 0 aliphatic heterocycles. The fourth-order valence-electron chi connectivity index (χ4n) is 1.49. The molecule has 1 rings (SSSR count). The number of allylic oxidation sites excluding steroid dienone is 1. The summed E-state index contributed by atoms with van der Waals surface area (Å²) >= 11 is 0. The summed E-state index contributed by atoms with van der Waals surface area (Å²) in [5, 5.41) is 2.65. The van der Waals surface area contributed by atoms with Crippen molar-refractivity contribution in [1.82, 2.24) is 5.32 Å². The Hall–Kier alpha value is -2.21. The highest BCUT2D eigenvalue weighted by atomic mass is 16.5. The standard InChI is InChI=1S/C15H17NO2/c1-5-10-16-15(17)12(3)11(2)13-6-8-14(18-4)9-7-13/h1,6-9H,10H2,2-4H3,(H,16,17)/b12-11+. The summed E-state index contributed by atoms with van der Waals surface area (Å²) in [5.74, 6) is 3.03. The van der Waals surface area contributed by atoms with Crippen molar-refractivity contribution in [1.29, 1.82) is 0 Å². The van der Waals surface area contributed by atoms with Gasteiger partial charge < -0.3 is 10.1 Å². The first-order valence-corrected chi connectivity index (χ1v) is 5.63. The zero-order valence-electron chi connectivity index (χ0n) is 10.9. The van der Waals surface area contributed by atoms with Gasteiger partial charge in [0, 0.05) is 5.57 Å². The Morgan fingerprint density at radius 3 is 2.44 bits per heavy atom. The Morgan fingerprint density at radius 2 is 1.94 bits per heavy atom. The van der Waals surface area contributed by atoms with Crippen LogP contribution in [0.2, 0.25) is 0 Å². The van der Waals surface area contributed by atoms with Crippen LogP contribution in [0.3, 0.4) is 0 Å². The van der Waals surface area contributed by atoms with E-state index in [2.05, 4.69) is 11.2 Å². The first-order valence-electron chi connectivity index (χ1n) is 5.63. The molecule has 0 spiro atoms. The van der Waals surface area contributed by atoms with Gasteiger partial charge in [0.2, 0.25) is 5.91 Å². The van der Waals surface area contributed by atoms with Gasteiger partial charge in [0.15, 0.2) is 0 Å². The molecule has 0 saturated carbocycles. The molecule has 0 bridgehead atoms. The maximum atomic E-state index is 11.8. The third kappa shape index (κ3) is 3.39. The minimum atomic E-state index is -0.138. The van der Waals surface area contributed by atoms with E-state index < -0.39 is 0 Å². The summed E-state index contributed by atoms with van der Waals surface area (Å²) in [6, 6.07) is 7.58. The molecule has 3 nitrogen and oxygen atoms in total. The van der Waals surface area contributed by atoms with Crippen LogP contribution >= 0.6 is 0 Å². The van der Waals surface area contributed by atoms with Gasteiger partial charge in [-0.2, -0.15) is 0 Å².